The Labute approximate surface area is 89.5 Å². The zero-order valence-electron chi connectivity index (χ0n) is 7.07. The number of thiophene rings is 1. The quantitative estimate of drug-likeness (QED) is 0.780. The average Bonchev–Trinajstić information content (AvgIpc) is 2.57. The Kier molecular flexibility index (Phi) is 2.26. The van der Waals surface area contributed by atoms with Crippen LogP contribution in [0.1, 0.15) is 0 Å². The van der Waals surface area contributed by atoms with Crippen molar-refractivity contribution in [3.63, 3.8) is 0 Å². The second-order valence-electron chi connectivity index (χ2n) is 2.67. The van der Waals surface area contributed by atoms with E-state index in [-0.39, 0.29) is 5.82 Å². The highest BCUT2D eigenvalue weighted by Gasteiger charge is 2.05. The van der Waals surface area contributed by atoms with Crippen molar-refractivity contribution in [1.82, 2.24) is 10.2 Å². The molecule has 0 aliphatic heterocycles. The van der Waals surface area contributed by atoms with Crippen molar-refractivity contribution in [2.24, 2.45) is 0 Å². The summed E-state index contributed by atoms with van der Waals surface area (Å²) in [5, 5.41) is 7.65. The minimum absolute atomic E-state index is 0.247. The van der Waals surface area contributed by atoms with E-state index < -0.39 is 0 Å². The lowest BCUT2D eigenvalue weighted by atomic mass is 10.3. The van der Waals surface area contributed by atoms with Crippen molar-refractivity contribution in [3.8, 4) is 10.6 Å². The van der Waals surface area contributed by atoms with Crippen molar-refractivity contribution in [3.05, 3.63) is 22.5 Å². The Hall–Kier alpha value is -1.33. The van der Waals surface area contributed by atoms with Crippen molar-refractivity contribution < 1.29 is 0 Å². The number of hydrogen-bond acceptors (Lipinski definition) is 5. The summed E-state index contributed by atoms with van der Waals surface area (Å²) in [5.41, 5.74) is 12.2. The van der Waals surface area contributed by atoms with Gasteiger partial charge in [0.25, 0.3) is 0 Å². The van der Waals surface area contributed by atoms with Gasteiger partial charge < -0.3 is 11.5 Å². The first kappa shape index (κ1) is 9.23. The summed E-state index contributed by atoms with van der Waals surface area (Å²) in [7, 11) is 0. The van der Waals surface area contributed by atoms with Gasteiger partial charge in [-0.05, 0) is 18.2 Å². The second kappa shape index (κ2) is 3.43. The van der Waals surface area contributed by atoms with Crippen LogP contribution in [0.2, 0.25) is 4.34 Å². The monoisotopic (exact) mass is 226 g/mol. The van der Waals surface area contributed by atoms with Gasteiger partial charge >= 0.3 is 0 Å². The molecule has 0 spiro atoms. The first-order chi connectivity index (χ1) is 6.66. The van der Waals surface area contributed by atoms with Crippen LogP contribution in [0.5, 0.6) is 0 Å². The normalized spacial score (nSPS) is 10.4. The molecule has 4 nitrogen and oxygen atoms in total. The van der Waals surface area contributed by atoms with Crippen LogP contribution in [0.4, 0.5) is 11.5 Å². The van der Waals surface area contributed by atoms with Gasteiger partial charge in [-0.2, -0.15) is 0 Å². The van der Waals surface area contributed by atoms with Crippen LogP contribution in [0.25, 0.3) is 10.6 Å². The summed E-state index contributed by atoms with van der Waals surface area (Å²) in [4.78, 5) is 0.925. The smallest absolute Gasteiger partial charge is 0.169 e. The number of nitrogens with zero attached hydrogens (tertiary/aromatic N) is 2. The van der Waals surface area contributed by atoms with Crippen molar-refractivity contribution in [2.75, 3.05) is 11.5 Å². The molecule has 0 amide bonds. The summed E-state index contributed by atoms with van der Waals surface area (Å²) in [6.45, 7) is 0. The predicted octanol–water partition coefficient (Wildman–Crippen LogP) is 2.02. The molecule has 0 saturated heterocycles. The van der Waals surface area contributed by atoms with Gasteiger partial charge in [0.2, 0.25) is 0 Å². The molecule has 4 N–H and O–H groups in total. The molecule has 0 radical (unpaired) electrons. The number of anilines is 2. The number of nitrogen functional groups attached to an aromatic ring is 2. The average molecular weight is 227 g/mol. The summed E-state index contributed by atoms with van der Waals surface area (Å²) in [6, 6.07) is 5.35. The minimum Gasteiger partial charge on any atom is -0.396 e. The van der Waals surface area contributed by atoms with E-state index in [1.54, 1.807) is 12.1 Å². The third-order valence-electron chi connectivity index (χ3n) is 1.68. The Morgan fingerprint density at radius 3 is 2.57 bits per heavy atom. The van der Waals surface area contributed by atoms with E-state index in [0.717, 1.165) is 4.88 Å². The maximum Gasteiger partial charge on any atom is 0.169 e. The Morgan fingerprint density at radius 2 is 2.00 bits per heavy atom. The maximum atomic E-state index is 5.80. The number of halogens is 1. The topological polar surface area (TPSA) is 77.8 Å². The van der Waals surface area contributed by atoms with Crippen LogP contribution < -0.4 is 11.5 Å². The molecule has 2 rings (SSSR count). The standard InChI is InChI=1S/C8H7ClN4S/c9-7-2-1-6(14-7)5-3-4(10)8(11)13-12-5/h1-3H,(H2,10,12)(H2,11,13). The third kappa shape index (κ3) is 1.64. The first-order valence-corrected chi connectivity index (χ1v) is 5.00. The lowest BCUT2D eigenvalue weighted by Crippen LogP contribution is -2.00. The molecule has 0 unspecified atom stereocenters. The third-order valence-corrected chi connectivity index (χ3v) is 2.93. The fourth-order valence-corrected chi connectivity index (χ4v) is 1.99. The van der Waals surface area contributed by atoms with Gasteiger partial charge in [-0.15, -0.1) is 21.5 Å². The molecule has 6 heteroatoms. The predicted molar refractivity (Wildman–Crippen MR) is 59.2 cm³/mol. The fourth-order valence-electron chi connectivity index (χ4n) is 0.988. The summed E-state index contributed by atoms with van der Waals surface area (Å²) >= 11 is 7.22. The van der Waals surface area contributed by atoms with Crippen LogP contribution in [-0.2, 0) is 0 Å². The molecule has 0 atom stereocenters. The van der Waals surface area contributed by atoms with E-state index >= 15 is 0 Å². The van der Waals surface area contributed by atoms with Gasteiger partial charge in [-0.1, -0.05) is 11.6 Å². The van der Waals surface area contributed by atoms with E-state index in [2.05, 4.69) is 10.2 Å². The van der Waals surface area contributed by atoms with E-state index in [0.29, 0.717) is 15.7 Å². The summed E-state index contributed by atoms with van der Waals surface area (Å²) in [5.74, 6) is 0.247. The zero-order valence-corrected chi connectivity index (χ0v) is 8.64. The van der Waals surface area contributed by atoms with Crippen LogP contribution in [0.3, 0.4) is 0 Å². The van der Waals surface area contributed by atoms with Crippen LogP contribution >= 0.6 is 22.9 Å². The van der Waals surface area contributed by atoms with Crippen molar-refractivity contribution in [1.29, 1.82) is 0 Å². The second-order valence-corrected chi connectivity index (χ2v) is 4.39. The SMILES string of the molecule is Nc1cc(-c2ccc(Cl)s2)nnc1N. The summed E-state index contributed by atoms with van der Waals surface area (Å²) in [6.07, 6.45) is 0. The number of rotatable bonds is 1. The summed E-state index contributed by atoms with van der Waals surface area (Å²) < 4.78 is 0.706. The highest BCUT2D eigenvalue weighted by Crippen LogP contribution is 2.30. The van der Waals surface area contributed by atoms with Gasteiger partial charge in [0.05, 0.1) is 14.9 Å². The minimum atomic E-state index is 0.247. The highest BCUT2D eigenvalue weighted by molar-refractivity contribution is 7.19. The molecule has 0 aliphatic rings. The van der Waals surface area contributed by atoms with Gasteiger partial charge in [0.15, 0.2) is 5.82 Å². The molecule has 2 heterocycles. The fraction of sp³-hybridized carbons (Fsp3) is 0. The van der Waals surface area contributed by atoms with E-state index in [1.165, 1.54) is 11.3 Å². The largest absolute Gasteiger partial charge is 0.396 e. The van der Waals surface area contributed by atoms with E-state index in [1.807, 2.05) is 6.07 Å². The number of nitrogens with two attached hydrogens (primary N) is 2. The van der Waals surface area contributed by atoms with E-state index in [4.69, 9.17) is 23.1 Å². The maximum absolute atomic E-state index is 5.80. The van der Waals surface area contributed by atoms with Crippen LogP contribution in [0.15, 0.2) is 18.2 Å². The van der Waals surface area contributed by atoms with Crippen LogP contribution in [-0.4, -0.2) is 10.2 Å². The number of hydrogen-bond donors (Lipinski definition) is 2. The molecule has 72 valence electrons. The lowest BCUT2D eigenvalue weighted by Gasteiger charge is -1.99. The van der Waals surface area contributed by atoms with Gasteiger partial charge in [-0.3, -0.25) is 0 Å². The molecule has 0 aromatic carbocycles. The Balaban J connectivity index is 2.47. The molecule has 2 aromatic heterocycles. The Bertz CT molecular complexity index is 468. The molecular formula is C8H7ClN4S. The first-order valence-electron chi connectivity index (χ1n) is 3.81. The Morgan fingerprint density at radius 1 is 1.21 bits per heavy atom. The highest BCUT2D eigenvalue weighted by atomic mass is 35.5. The lowest BCUT2D eigenvalue weighted by molar-refractivity contribution is 1.05. The number of aromatic nitrogens is 2. The molecule has 0 saturated carbocycles. The van der Waals surface area contributed by atoms with Crippen molar-refractivity contribution >= 4 is 34.4 Å². The van der Waals surface area contributed by atoms with Crippen LogP contribution in [0, 0.1) is 0 Å². The zero-order chi connectivity index (χ0) is 10.1. The molecule has 14 heavy (non-hydrogen) atoms. The molecule has 0 fully saturated rings. The molecule has 0 bridgehead atoms. The van der Waals surface area contributed by atoms with Gasteiger partial charge in [-0.25, -0.2) is 0 Å². The molecule has 2 aromatic rings. The van der Waals surface area contributed by atoms with E-state index in [9.17, 15) is 0 Å². The van der Waals surface area contributed by atoms with Gasteiger partial charge in [0, 0.05) is 0 Å². The van der Waals surface area contributed by atoms with Crippen molar-refractivity contribution in [2.45, 2.75) is 0 Å². The molecular weight excluding hydrogens is 220 g/mol. The molecule has 0 aliphatic carbocycles. The van der Waals surface area contributed by atoms with Gasteiger partial charge in [0.1, 0.15) is 5.69 Å².